The fourth-order valence-corrected chi connectivity index (χ4v) is 3.44. The van der Waals surface area contributed by atoms with Gasteiger partial charge in [0.2, 0.25) is 15.9 Å². The van der Waals surface area contributed by atoms with Gasteiger partial charge in [-0.15, -0.1) is 10.2 Å². The molecular weight excluding hydrogens is 362 g/mol. The van der Waals surface area contributed by atoms with Crippen LogP contribution in [0.1, 0.15) is 6.92 Å². The van der Waals surface area contributed by atoms with Crippen LogP contribution in [0.2, 0.25) is 0 Å². The van der Waals surface area contributed by atoms with Crippen LogP contribution in [0.15, 0.2) is 58.7 Å². The summed E-state index contributed by atoms with van der Waals surface area (Å²) in [5, 5.41) is 16.1. The third-order valence-electron chi connectivity index (χ3n) is 3.38. The van der Waals surface area contributed by atoms with Gasteiger partial charge in [0.1, 0.15) is 0 Å². The topological polar surface area (TPSA) is 119 Å². The van der Waals surface area contributed by atoms with Gasteiger partial charge in [0, 0.05) is 11.9 Å². The van der Waals surface area contributed by atoms with Crippen LogP contribution < -0.4 is 10.5 Å². The molecule has 2 heterocycles. The third-order valence-corrected chi connectivity index (χ3v) is 5.37. The number of thioether (sulfide) groups is 1. The fourth-order valence-electron chi connectivity index (χ4n) is 2.08. The molecule has 1 atom stereocenters. The number of nitrogens with zero attached hydrogens (tertiary/aromatic N) is 3. The Labute approximate surface area is 148 Å². The molecule has 0 saturated carbocycles. The van der Waals surface area contributed by atoms with E-state index in [9.17, 15) is 13.2 Å². The zero-order valence-corrected chi connectivity index (χ0v) is 14.8. The number of hydrogen-bond acceptors (Lipinski definition) is 6. The van der Waals surface area contributed by atoms with Crippen molar-refractivity contribution in [2.24, 2.45) is 5.14 Å². The minimum atomic E-state index is -3.75. The number of rotatable bonds is 5. The Kier molecular flexibility index (Phi) is 4.75. The highest BCUT2D eigenvalue weighted by Crippen LogP contribution is 2.23. The van der Waals surface area contributed by atoms with Gasteiger partial charge in [0.05, 0.1) is 10.1 Å². The first-order valence-electron chi connectivity index (χ1n) is 7.25. The van der Waals surface area contributed by atoms with Crippen LogP contribution in [-0.4, -0.2) is 34.2 Å². The molecule has 25 heavy (non-hydrogen) atoms. The molecule has 3 rings (SSSR count). The lowest BCUT2D eigenvalue weighted by Gasteiger charge is -2.11. The van der Waals surface area contributed by atoms with E-state index in [-0.39, 0.29) is 10.8 Å². The first-order valence-corrected chi connectivity index (χ1v) is 9.67. The van der Waals surface area contributed by atoms with E-state index in [0.717, 1.165) is 0 Å². The molecule has 3 N–H and O–H groups in total. The Morgan fingerprint density at radius 3 is 2.60 bits per heavy atom. The Hall–Kier alpha value is -2.43. The highest BCUT2D eigenvalue weighted by Gasteiger charge is 2.18. The molecule has 10 heteroatoms. The van der Waals surface area contributed by atoms with Gasteiger partial charge < -0.3 is 5.32 Å². The summed E-state index contributed by atoms with van der Waals surface area (Å²) in [6.45, 7) is 1.75. The van der Waals surface area contributed by atoms with E-state index in [1.807, 2.05) is 24.4 Å². The lowest BCUT2D eigenvalue weighted by molar-refractivity contribution is -0.115. The third kappa shape index (κ3) is 3.98. The summed E-state index contributed by atoms with van der Waals surface area (Å²) in [7, 11) is -3.75. The molecule has 0 aliphatic carbocycles. The van der Waals surface area contributed by atoms with Gasteiger partial charge >= 0.3 is 0 Å². The number of sulfonamides is 1. The van der Waals surface area contributed by atoms with E-state index in [1.54, 1.807) is 11.3 Å². The zero-order chi connectivity index (χ0) is 18.0. The summed E-state index contributed by atoms with van der Waals surface area (Å²) in [5.74, 6) is -0.235. The monoisotopic (exact) mass is 377 g/mol. The molecule has 0 radical (unpaired) electrons. The molecule has 1 aromatic carbocycles. The maximum atomic E-state index is 12.3. The highest BCUT2D eigenvalue weighted by molar-refractivity contribution is 8.00. The molecule has 0 spiro atoms. The van der Waals surface area contributed by atoms with Crippen LogP contribution in [0.25, 0.3) is 5.65 Å². The number of amides is 1. The van der Waals surface area contributed by atoms with Gasteiger partial charge in [-0.2, -0.15) is 0 Å². The molecule has 0 aliphatic heterocycles. The smallest absolute Gasteiger partial charge is 0.238 e. The Balaban J connectivity index is 1.68. The second-order valence-corrected chi connectivity index (χ2v) is 8.10. The average molecular weight is 377 g/mol. The van der Waals surface area contributed by atoms with Crippen molar-refractivity contribution in [1.29, 1.82) is 0 Å². The average Bonchev–Trinajstić information content (AvgIpc) is 2.97. The van der Waals surface area contributed by atoms with Gasteiger partial charge in [-0.05, 0) is 43.3 Å². The van der Waals surface area contributed by atoms with Crippen molar-refractivity contribution in [1.82, 2.24) is 14.6 Å². The van der Waals surface area contributed by atoms with E-state index >= 15 is 0 Å². The molecule has 0 saturated heterocycles. The number of anilines is 1. The second-order valence-electron chi connectivity index (χ2n) is 5.23. The predicted molar refractivity (Wildman–Crippen MR) is 94.8 cm³/mol. The Morgan fingerprint density at radius 1 is 1.20 bits per heavy atom. The first kappa shape index (κ1) is 17.4. The van der Waals surface area contributed by atoms with Crippen LogP contribution in [-0.2, 0) is 14.8 Å². The van der Waals surface area contributed by atoms with Crippen molar-refractivity contribution in [2.45, 2.75) is 22.2 Å². The largest absolute Gasteiger partial charge is 0.325 e. The van der Waals surface area contributed by atoms with Crippen LogP contribution in [0.4, 0.5) is 5.69 Å². The molecule has 0 aliphatic rings. The first-order chi connectivity index (χ1) is 11.8. The number of fused-ring (bicyclic) bond motifs is 1. The van der Waals surface area contributed by atoms with Gasteiger partial charge in [0.15, 0.2) is 10.8 Å². The number of primary sulfonamides is 1. The SMILES string of the molecule is C[C@H](Sc1nnc2ccccn12)C(=O)Nc1ccc(S(N)(=O)=O)cc1. The van der Waals surface area contributed by atoms with Crippen molar-refractivity contribution in [2.75, 3.05) is 5.32 Å². The van der Waals surface area contributed by atoms with Crippen LogP contribution in [0.3, 0.4) is 0 Å². The number of hydrogen-bond donors (Lipinski definition) is 2. The Bertz CT molecular complexity index is 1020. The summed E-state index contributed by atoms with van der Waals surface area (Å²) in [4.78, 5) is 12.3. The number of aromatic nitrogens is 3. The van der Waals surface area contributed by atoms with E-state index < -0.39 is 15.3 Å². The van der Waals surface area contributed by atoms with Crippen molar-refractivity contribution < 1.29 is 13.2 Å². The number of carbonyl (C=O) groups is 1. The molecule has 3 aromatic rings. The molecular formula is C15H15N5O3S2. The van der Waals surface area contributed by atoms with E-state index in [0.29, 0.717) is 16.5 Å². The quantitative estimate of drug-likeness (QED) is 0.650. The fraction of sp³-hybridized carbons (Fsp3) is 0.133. The minimum Gasteiger partial charge on any atom is -0.325 e. The lowest BCUT2D eigenvalue weighted by Crippen LogP contribution is -2.22. The van der Waals surface area contributed by atoms with E-state index in [2.05, 4.69) is 15.5 Å². The van der Waals surface area contributed by atoms with E-state index in [1.165, 1.54) is 36.0 Å². The highest BCUT2D eigenvalue weighted by atomic mass is 32.2. The molecule has 8 nitrogen and oxygen atoms in total. The standard InChI is InChI=1S/C15H15N5O3S2/c1-10(24-15-19-18-13-4-2-3-9-20(13)15)14(21)17-11-5-7-12(8-6-11)25(16,22)23/h2-10H,1H3,(H,17,21)(H2,16,22,23)/t10-/m0/s1. The van der Waals surface area contributed by atoms with Gasteiger partial charge in [0.25, 0.3) is 0 Å². The van der Waals surface area contributed by atoms with Gasteiger partial charge in [-0.25, -0.2) is 13.6 Å². The lowest BCUT2D eigenvalue weighted by atomic mass is 10.3. The van der Waals surface area contributed by atoms with Crippen molar-refractivity contribution in [3.63, 3.8) is 0 Å². The van der Waals surface area contributed by atoms with Gasteiger partial charge in [-0.1, -0.05) is 17.8 Å². The molecule has 2 aromatic heterocycles. The molecule has 0 fully saturated rings. The molecule has 0 bridgehead atoms. The summed E-state index contributed by atoms with van der Waals surface area (Å²) < 4.78 is 24.3. The predicted octanol–water partition coefficient (Wildman–Crippen LogP) is 1.50. The van der Waals surface area contributed by atoms with Crippen molar-refractivity contribution in [3.8, 4) is 0 Å². The number of carbonyl (C=O) groups excluding carboxylic acids is 1. The normalized spacial score (nSPS) is 12.9. The summed E-state index contributed by atoms with van der Waals surface area (Å²) in [5.41, 5.74) is 1.19. The van der Waals surface area contributed by atoms with Crippen LogP contribution in [0.5, 0.6) is 0 Å². The van der Waals surface area contributed by atoms with Crippen LogP contribution in [0, 0.1) is 0 Å². The maximum Gasteiger partial charge on any atom is 0.238 e. The van der Waals surface area contributed by atoms with Crippen molar-refractivity contribution >= 4 is 39.0 Å². The maximum absolute atomic E-state index is 12.3. The number of nitrogens with two attached hydrogens (primary N) is 1. The number of pyridine rings is 1. The summed E-state index contributed by atoms with van der Waals surface area (Å²) >= 11 is 1.28. The van der Waals surface area contributed by atoms with Crippen LogP contribution >= 0.6 is 11.8 Å². The molecule has 130 valence electrons. The second kappa shape index (κ2) is 6.82. The number of nitrogens with one attached hydrogen (secondary N) is 1. The number of benzene rings is 1. The summed E-state index contributed by atoms with van der Waals surface area (Å²) in [6, 6.07) is 11.2. The summed E-state index contributed by atoms with van der Waals surface area (Å²) in [6.07, 6.45) is 1.83. The zero-order valence-electron chi connectivity index (χ0n) is 13.2. The van der Waals surface area contributed by atoms with Crippen molar-refractivity contribution in [3.05, 3.63) is 48.7 Å². The van der Waals surface area contributed by atoms with E-state index in [4.69, 9.17) is 5.14 Å². The molecule has 1 amide bonds. The Morgan fingerprint density at radius 2 is 1.92 bits per heavy atom. The minimum absolute atomic E-state index is 0.0112. The molecule has 0 unspecified atom stereocenters. The van der Waals surface area contributed by atoms with Gasteiger partial charge in [-0.3, -0.25) is 9.20 Å².